The zero-order valence-electron chi connectivity index (χ0n) is 11.7. The summed E-state index contributed by atoms with van der Waals surface area (Å²) in [5.74, 6) is 0.329. The minimum absolute atomic E-state index is 0.0670. The molecule has 5 nitrogen and oxygen atoms in total. The second-order valence-corrected chi connectivity index (χ2v) is 5.71. The summed E-state index contributed by atoms with van der Waals surface area (Å²) in [5, 5.41) is 14.7. The van der Waals surface area contributed by atoms with E-state index in [2.05, 4.69) is 5.16 Å². The Morgan fingerprint density at radius 1 is 1.55 bits per heavy atom. The van der Waals surface area contributed by atoms with Crippen molar-refractivity contribution in [2.45, 2.75) is 38.7 Å². The zero-order valence-corrected chi connectivity index (χ0v) is 11.7. The number of hydrogen-bond acceptors (Lipinski definition) is 5. The molecule has 0 saturated heterocycles. The fourth-order valence-electron chi connectivity index (χ4n) is 3.37. The number of furan rings is 1. The highest BCUT2D eigenvalue weighted by atomic mass is 16.5. The van der Waals surface area contributed by atoms with Crippen LogP contribution in [0.2, 0.25) is 0 Å². The lowest BCUT2D eigenvalue weighted by molar-refractivity contribution is -0.131. The van der Waals surface area contributed by atoms with Gasteiger partial charge in [-0.25, -0.2) is 0 Å². The van der Waals surface area contributed by atoms with Crippen molar-refractivity contribution < 1.29 is 18.8 Å². The monoisotopic (exact) mass is 275 g/mol. The van der Waals surface area contributed by atoms with Crippen LogP contribution in [0, 0.1) is 12.8 Å². The number of hydrogen-bond donors (Lipinski definition) is 1. The summed E-state index contributed by atoms with van der Waals surface area (Å²) < 4.78 is 10.7. The summed E-state index contributed by atoms with van der Waals surface area (Å²) in [6.45, 7) is 4.99. The Morgan fingerprint density at radius 3 is 2.90 bits per heavy atom. The van der Waals surface area contributed by atoms with E-state index in [-0.39, 0.29) is 11.7 Å². The van der Waals surface area contributed by atoms with Crippen LogP contribution in [0.5, 0.6) is 0 Å². The number of nitrogens with zero attached hydrogens (tertiary/aromatic N) is 1. The number of ketones is 1. The molecule has 0 spiro atoms. The largest absolute Gasteiger partial charge is 0.469 e. The first-order chi connectivity index (χ1) is 9.42. The number of aromatic nitrogens is 1. The quantitative estimate of drug-likeness (QED) is 0.909. The van der Waals surface area contributed by atoms with Gasteiger partial charge in [-0.05, 0) is 32.9 Å². The lowest BCUT2D eigenvalue weighted by Crippen LogP contribution is -2.48. The van der Waals surface area contributed by atoms with Gasteiger partial charge in [0.2, 0.25) is 0 Å². The van der Waals surface area contributed by atoms with Gasteiger partial charge in [-0.2, -0.15) is 0 Å². The molecule has 1 N–H and O–H groups in total. The molecule has 2 heterocycles. The van der Waals surface area contributed by atoms with E-state index in [4.69, 9.17) is 8.94 Å². The first kappa shape index (κ1) is 13.1. The van der Waals surface area contributed by atoms with E-state index in [1.807, 2.05) is 13.0 Å². The lowest BCUT2D eigenvalue weighted by Gasteiger charge is -2.39. The van der Waals surface area contributed by atoms with Crippen molar-refractivity contribution in [3.63, 3.8) is 0 Å². The third-order valence-corrected chi connectivity index (χ3v) is 4.11. The van der Waals surface area contributed by atoms with Crippen molar-refractivity contribution in [1.82, 2.24) is 5.16 Å². The van der Waals surface area contributed by atoms with E-state index in [0.717, 1.165) is 5.56 Å². The SMILES string of the molecule is CC(=O)[C@H]1[C@@H](c2ccco2)c2c(noc2C)C[C@@]1(C)O. The van der Waals surface area contributed by atoms with Crippen molar-refractivity contribution in [3.8, 4) is 0 Å². The van der Waals surface area contributed by atoms with E-state index in [1.165, 1.54) is 6.92 Å². The molecule has 3 atom stereocenters. The maximum atomic E-state index is 12.1. The molecule has 0 fully saturated rings. The lowest BCUT2D eigenvalue weighted by atomic mass is 9.66. The van der Waals surface area contributed by atoms with Crippen LogP contribution >= 0.6 is 0 Å². The van der Waals surface area contributed by atoms with Gasteiger partial charge in [0, 0.05) is 12.0 Å². The average molecular weight is 275 g/mol. The molecular weight excluding hydrogens is 258 g/mol. The highest BCUT2D eigenvalue weighted by Gasteiger charge is 2.50. The van der Waals surface area contributed by atoms with Crippen LogP contribution in [0.4, 0.5) is 0 Å². The highest BCUT2D eigenvalue weighted by molar-refractivity contribution is 5.82. The summed E-state index contributed by atoms with van der Waals surface area (Å²) in [4.78, 5) is 12.1. The number of fused-ring (bicyclic) bond motifs is 1. The molecule has 0 saturated carbocycles. The highest BCUT2D eigenvalue weighted by Crippen LogP contribution is 2.47. The molecule has 0 aromatic carbocycles. The molecule has 2 aromatic rings. The summed E-state index contributed by atoms with van der Waals surface area (Å²) in [5.41, 5.74) is 0.401. The Balaban J connectivity index is 2.23. The smallest absolute Gasteiger partial charge is 0.137 e. The zero-order chi connectivity index (χ0) is 14.5. The predicted octanol–water partition coefficient (Wildman–Crippen LogP) is 2.22. The van der Waals surface area contributed by atoms with E-state index >= 15 is 0 Å². The minimum atomic E-state index is -1.17. The molecule has 0 aliphatic heterocycles. The van der Waals surface area contributed by atoms with Crippen molar-refractivity contribution >= 4 is 5.78 Å². The number of rotatable bonds is 2. The van der Waals surface area contributed by atoms with Crippen LogP contribution in [0.3, 0.4) is 0 Å². The molecule has 5 heteroatoms. The van der Waals surface area contributed by atoms with Crippen LogP contribution in [0.25, 0.3) is 0 Å². The summed E-state index contributed by atoms with van der Waals surface area (Å²) in [6, 6.07) is 3.59. The molecule has 2 aromatic heterocycles. The molecule has 1 aliphatic carbocycles. The van der Waals surface area contributed by atoms with E-state index in [0.29, 0.717) is 23.6 Å². The first-order valence-corrected chi connectivity index (χ1v) is 6.63. The van der Waals surface area contributed by atoms with Gasteiger partial charge in [0.1, 0.15) is 17.3 Å². The Labute approximate surface area is 116 Å². The maximum Gasteiger partial charge on any atom is 0.137 e. The molecule has 3 rings (SSSR count). The first-order valence-electron chi connectivity index (χ1n) is 6.63. The second-order valence-electron chi connectivity index (χ2n) is 5.71. The van der Waals surface area contributed by atoms with Crippen molar-refractivity contribution in [2.24, 2.45) is 5.92 Å². The molecule has 106 valence electrons. The van der Waals surface area contributed by atoms with Crippen LogP contribution in [0.15, 0.2) is 27.3 Å². The summed E-state index contributed by atoms with van der Waals surface area (Å²) >= 11 is 0. The topological polar surface area (TPSA) is 76.5 Å². The van der Waals surface area contributed by atoms with Gasteiger partial charge in [0.05, 0.1) is 29.4 Å². The third kappa shape index (κ3) is 1.81. The van der Waals surface area contributed by atoms with Crippen molar-refractivity contribution in [3.05, 3.63) is 41.2 Å². The number of aryl methyl sites for hydroxylation is 1. The van der Waals surface area contributed by atoms with Gasteiger partial charge >= 0.3 is 0 Å². The number of carbonyl (C=O) groups excluding carboxylic acids is 1. The average Bonchev–Trinajstić information content (AvgIpc) is 2.96. The molecular formula is C15H17NO4. The van der Waals surface area contributed by atoms with Gasteiger partial charge < -0.3 is 14.0 Å². The normalized spacial score (nSPS) is 29.2. The van der Waals surface area contributed by atoms with Crippen LogP contribution in [-0.2, 0) is 11.2 Å². The van der Waals surface area contributed by atoms with E-state index in [1.54, 1.807) is 19.3 Å². The van der Waals surface area contributed by atoms with Crippen LogP contribution in [0.1, 0.15) is 42.5 Å². The predicted molar refractivity (Wildman–Crippen MR) is 70.3 cm³/mol. The molecule has 20 heavy (non-hydrogen) atoms. The van der Waals surface area contributed by atoms with Crippen LogP contribution in [-0.4, -0.2) is 21.6 Å². The Hall–Kier alpha value is -1.88. The summed E-state index contributed by atoms with van der Waals surface area (Å²) in [6.07, 6.45) is 1.87. The van der Waals surface area contributed by atoms with Gasteiger partial charge in [-0.3, -0.25) is 4.79 Å². The minimum Gasteiger partial charge on any atom is -0.469 e. The maximum absolute atomic E-state index is 12.1. The Morgan fingerprint density at radius 2 is 2.30 bits per heavy atom. The molecule has 1 aliphatic rings. The molecule has 0 radical (unpaired) electrons. The van der Waals surface area contributed by atoms with Gasteiger partial charge in [0.15, 0.2) is 0 Å². The molecule has 0 bridgehead atoms. The third-order valence-electron chi connectivity index (χ3n) is 4.11. The van der Waals surface area contributed by atoms with Crippen LogP contribution < -0.4 is 0 Å². The number of aliphatic hydroxyl groups is 1. The number of carbonyl (C=O) groups is 1. The Bertz CT molecular complexity index is 639. The second kappa shape index (κ2) is 4.31. The number of Topliss-reactive ketones (excluding diaryl/α,β-unsaturated/α-hetero) is 1. The van der Waals surface area contributed by atoms with Crippen molar-refractivity contribution in [2.75, 3.05) is 0 Å². The molecule has 0 amide bonds. The Kier molecular flexibility index (Phi) is 2.83. The van der Waals surface area contributed by atoms with E-state index < -0.39 is 11.5 Å². The van der Waals surface area contributed by atoms with Crippen molar-refractivity contribution in [1.29, 1.82) is 0 Å². The fourth-order valence-corrected chi connectivity index (χ4v) is 3.37. The molecule has 0 unspecified atom stereocenters. The van der Waals surface area contributed by atoms with Gasteiger partial charge in [0.25, 0.3) is 0 Å². The van der Waals surface area contributed by atoms with E-state index in [9.17, 15) is 9.90 Å². The standard InChI is InChI=1S/C15H17NO4/c1-8(17)14-13(11-5-4-6-19-11)12-9(2)20-16-10(12)7-15(14,3)18/h4-6,13-14,18H,7H2,1-3H3/t13-,14-,15+/m0/s1. The fraction of sp³-hybridized carbons (Fsp3) is 0.467. The van der Waals surface area contributed by atoms with Gasteiger partial charge in [-0.15, -0.1) is 0 Å². The summed E-state index contributed by atoms with van der Waals surface area (Å²) in [7, 11) is 0. The van der Waals surface area contributed by atoms with Gasteiger partial charge in [-0.1, -0.05) is 5.16 Å².